The first-order valence-corrected chi connectivity index (χ1v) is 5.84. The average molecular weight is 191 g/mol. The van der Waals surface area contributed by atoms with Crippen LogP contribution in [0.25, 0.3) is 0 Å². The van der Waals surface area contributed by atoms with Crippen molar-refractivity contribution < 1.29 is 9.47 Å². The molecule has 0 saturated heterocycles. The van der Waals surface area contributed by atoms with Crippen LogP contribution >= 0.6 is 0 Å². The van der Waals surface area contributed by atoms with Gasteiger partial charge in [0.25, 0.3) is 0 Å². The van der Waals surface area contributed by atoms with Crippen molar-refractivity contribution in [1.29, 1.82) is 0 Å². The Morgan fingerprint density at radius 1 is 1.17 bits per heavy atom. The first kappa shape index (κ1) is 12.1. The highest BCUT2D eigenvalue weighted by atomic mass is 28.1. The van der Waals surface area contributed by atoms with Crippen molar-refractivity contribution >= 4 is 10.2 Å². The SMILES string of the molecule is CCOC(CCC(N)[SiH3])OCC. The number of hydrogen-bond acceptors (Lipinski definition) is 3. The van der Waals surface area contributed by atoms with Gasteiger partial charge in [0.15, 0.2) is 6.29 Å². The van der Waals surface area contributed by atoms with Gasteiger partial charge in [0.05, 0.1) is 0 Å². The molecule has 0 aromatic rings. The van der Waals surface area contributed by atoms with Crippen molar-refractivity contribution in [2.24, 2.45) is 5.73 Å². The number of rotatable bonds is 7. The van der Waals surface area contributed by atoms with E-state index in [0.717, 1.165) is 23.1 Å². The van der Waals surface area contributed by atoms with E-state index >= 15 is 0 Å². The minimum Gasteiger partial charge on any atom is -0.353 e. The number of ether oxygens (including phenoxy) is 2. The molecule has 0 aromatic heterocycles. The lowest BCUT2D eigenvalue weighted by Crippen LogP contribution is -2.24. The van der Waals surface area contributed by atoms with Gasteiger partial charge in [-0.15, -0.1) is 0 Å². The van der Waals surface area contributed by atoms with Gasteiger partial charge < -0.3 is 15.2 Å². The summed E-state index contributed by atoms with van der Waals surface area (Å²) in [6, 6.07) is 0. The molecule has 1 atom stereocenters. The molecule has 4 heteroatoms. The summed E-state index contributed by atoms with van der Waals surface area (Å²) in [5.74, 6) is 0. The van der Waals surface area contributed by atoms with Crippen molar-refractivity contribution in [3.8, 4) is 0 Å². The second kappa shape index (κ2) is 7.73. The van der Waals surface area contributed by atoms with E-state index in [2.05, 4.69) is 0 Å². The minimum atomic E-state index is -0.0417. The molecule has 0 aliphatic heterocycles. The summed E-state index contributed by atoms with van der Waals surface area (Å²) in [4.78, 5) is 0. The van der Waals surface area contributed by atoms with Crippen LogP contribution in [0.5, 0.6) is 0 Å². The zero-order valence-electron chi connectivity index (χ0n) is 8.38. The molecule has 0 rings (SSSR count). The minimum absolute atomic E-state index is 0.0417. The molecule has 12 heavy (non-hydrogen) atoms. The van der Waals surface area contributed by atoms with Gasteiger partial charge in [0.2, 0.25) is 0 Å². The van der Waals surface area contributed by atoms with Crippen LogP contribution in [0, 0.1) is 0 Å². The van der Waals surface area contributed by atoms with Crippen LogP contribution in [-0.2, 0) is 9.47 Å². The molecule has 74 valence electrons. The maximum atomic E-state index is 5.68. The lowest BCUT2D eigenvalue weighted by atomic mass is 10.3. The van der Waals surface area contributed by atoms with E-state index in [1.54, 1.807) is 0 Å². The van der Waals surface area contributed by atoms with Crippen LogP contribution in [0.3, 0.4) is 0 Å². The Bertz CT molecular complexity index is 95.1. The largest absolute Gasteiger partial charge is 0.353 e. The van der Waals surface area contributed by atoms with E-state index in [1.807, 2.05) is 13.8 Å². The van der Waals surface area contributed by atoms with E-state index in [1.165, 1.54) is 0 Å². The normalized spacial score (nSPS) is 14.0. The summed E-state index contributed by atoms with van der Waals surface area (Å²) in [6.07, 6.45) is 1.89. The highest BCUT2D eigenvalue weighted by molar-refractivity contribution is 6.11. The van der Waals surface area contributed by atoms with Gasteiger partial charge in [0.1, 0.15) is 0 Å². The van der Waals surface area contributed by atoms with Gasteiger partial charge in [0, 0.05) is 23.5 Å². The molecule has 1 unspecified atom stereocenters. The van der Waals surface area contributed by atoms with Crippen molar-refractivity contribution in [1.82, 2.24) is 0 Å². The third-order valence-electron chi connectivity index (χ3n) is 1.56. The monoisotopic (exact) mass is 191 g/mol. The molecule has 0 radical (unpaired) electrons. The molecule has 0 saturated carbocycles. The summed E-state index contributed by atoms with van der Waals surface area (Å²) in [6.45, 7) is 5.38. The molecule has 2 N–H and O–H groups in total. The maximum absolute atomic E-state index is 5.68. The average Bonchev–Trinajstić information content (AvgIpc) is 2.01. The van der Waals surface area contributed by atoms with Crippen molar-refractivity contribution in [3.05, 3.63) is 0 Å². The molecule has 0 aliphatic carbocycles. The standard InChI is InChI=1S/C8H21NO2Si/c1-3-10-8(11-4-2)6-5-7(9)12/h7-8H,3-6,9H2,1-2,12H3. The van der Waals surface area contributed by atoms with Gasteiger partial charge in [-0.1, -0.05) is 0 Å². The predicted molar refractivity (Wildman–Crippen MR) is 54.2 cm³/mol. The van der Waals surface area contributed by atoms with Crippen LogP contribution in [0.1, 0.15) is 26.7 Å². The molecular weight excluding hydrogens is 170 g/mol. The fourth-order valence-corrected chi connectivity index (χ4v) is 1.32. The fourth-order valence-electron chi connectivity index (χ4n) is 0.986. The van der Waals surface area contributed by atoms with Gasteiger partial charge in [-0.2, -0.15) is 0 Å². The Morgan fingerprint density at radius 3 is 2.00 bits per heavy atom. The van der Waals surface area contributed by atoms with E-state index in [0.29, 0.717) is 18.9 Å². The Kier molecular flexibility index (Phi) is 7.79. The summed E-state index contributed by atoms with van der Waals surface area (Å²) in [7, 11) is 1.05. The van der Waals surface area contributed by atoms with Crippen molar-refractivity contribution in [3.63, 3.8) is 0 Å². The van der Waals surface area contributed by atoms with Crippen LogP contribution in [0.2, 0.25) is 0 Å². The van der Waals surface area contributed by atoms with Gasteiger partial charge in [-0.25, -0.2) is 0 Å². The third kappa shape index (κ3) is 6.79. The molecule has 0 aromatic carbocycles. The predicted octanol–water partition coefficient (Wildman–Crippen LogP) is -0.184. The lowest BCUT2D eigenvalue weighted by molar-refractivity contribution is -0.140. The van der Waals surface area contributed by atoms with Gasteiger partial charge in [-0.05, 0) is 32.4 Å². The molecule has 0 bridgehead atoms. The van der Waals surface area contributed by atoms with Crippen LogP contribution in [-0.4, -0.2) is 35.4 Å². The van der Waals surface area contributed by atoms with Crippen LogP contribution in [0.4, 0.5) is 0 Å². The summed E-state index contributed by atoms with van der Waals surface area (Å²) >= 11 is 0. The molecule has 0 aliphatic rings. The number of hydrogen-bond donors (Lipinski definition) is 1. The topological polar surface area (TPSA) is 44.5 Å². The maximum Gasteiger partial charge on any atom is 0.157 e. The van der Waals surface area contributed by atoms with Gasteiger partial charge in [-0.3, -0.25) is 0 Å². The van der Waals surface area contributed by atoms with Crippen LogP contribution < -0.4 is 5.73 Å². The first-order valence-electron chi connectivity index (χ1n) is 4.69. The third-order valence-corrected chi connectivity index (χ3v) is 2.14. The zero-order chi connectivity index (χ0) is 9.40. The van der Waals surface area contributed by atoms with Crippen molar-refractivity contribution in [2.75, 3.05) is 13.2 Å². The van der Waals surface area contributed by atoms with E-state index < -0.39 is 0 Å². The quantitative estimate of drug-likeness (QED) is 0.448. The molecule has 0 spiro atoms. The highest BCUT2D eigenvalue weighted by Crippen LogP contribution is 2.04. The summed E-state index contributed by atoms with van der Waals surface area (Å²) < 4.78 is 10.7. The molecule has 0 fully saturated rings. The van der Waals surface area contributed by atoms with Gasteiger partial charge >= 0.3 is 0 Å². The molecule has 0 amide bonds. The molecule has 3 nitrogen and oxygen atoms in total. The Morgan fingerprint density at radius 2 is 1.67 bits per heavy atom. The smallest absolute Gasteiger partial charge is 0.157 e. The first-order chi connectivity index (χ1) is 5.70. The summed E-state index contributed by atoms with van der Waals surface area (Å²) in [5.41, 5.74) is 6.05. The van der Waals surface area contributed by atoms with E-state index in [4.69, 9.17) is 15.2 Å². The van der Waals surface area contributed by atoms with E-state index in [-0.39, 0.29) is 6.29 Å². The fraction of sp³-hybridized carbons (Fsp3) is 1.00. The highest BCUT2D eigenvalue weighted by Gasteiger charge is 2.08. The Labute approximate surface area is 78.0 Å². The second-order valence-corrected chi connectivity index (χ2v) is 4.38. The molecular formula is C8H21NO2Si. The lowest BCUT2D eigenvalue weighted by Gasteiger charge is -2.17. The Hall–Kier alpha value is 0.0969. The van der Waals surface area contributed by atoms with Crippen molar-refractivity contribution in [2.45, 2.75) is 38.6 Å². The Balaban J connectivity index is 3.48. The second-order valence-electron chi connectivity index (χ2n) is 2.89. The number of nitrogens with two attached hydrogens (primary N) is 1. The summed E-state index contributed by atoms with van der Waals surface area (Å²) in [5, 5.41) is 0. The zero-order valence-corrected chi connectivity index (χ0v) is 10.4. The van der Waals surface area contributed by atoms with E-state index in [9.17, 15) is 0 Å². The molecule has 0 heterocycles. The van der Waals surface area contributed by atoms with Crippen LogP contribution in [0.15, 0.2) is 0 Å².